The van der Waals surface area contributed by atoms with Crippen molar-refractivity contribution in [3.8, 4) is 0 Å². The predicted molar refractivity (Wildman–Crippen MR) is 87.6 cm³/mol. The number of ether oxygens (including phenoxy) is 1. The minimum atomic E-state index is -2.98. The monoisotopic (exact) mass is 334 g/mol. The van der Waals surface area contributed by atoms with Crippen LogP contribution in [0.15, 0.2) is 0 Å². The summed E-state index contributed by atoms with van der Waals surface area (Å²) in [7, 11) is 0.609. The summed E-state index contributed by atoms with van der Waals surface area (Å²) in [5.41, 5.74) is 0. The van der Waals surface area contributed by atoms with E-state index in [0.717, 1.165) is 19.4 Å². The number of likely N-dealkylation sites (N-methyl/N-ethyl adjacent to an activating group) is 1. The van der Waals surface area contributed by atoms with Crippen LogP contribution < -0.4 is 0 Å². The SMILES string of the molecule is CCCN(C(=O)C(C)N(C)CCCOC)C1CCS(=O)(=O)C1. The molecule has 0 aromatic heterocycles. The van der Waals surface area contributed by atoms with Gasteiger partial charge in [-0.25, -0.2) is 8.42 Å². The molecule has 2 unspecified atom stereocenters. The Morgan fingerprint density at radius 1 is 1.36 bits per heavy atom. The van der Waals surface area contributed by atoms with Crippen molar-refractivity contribution in [2.24, 2.45) is 0 Å². The molecule has 1 amide bonds. The van der Waals surface area contributed by atoms with Gasteiger partial charge in [0.05, 0.1) is 17.5 Å². The molecule has 1 fully saturated rings. The molecular weight excluding hydrogens is 304 g/mol. The van der Waals surface area contributed by atoms with Gasteiger partial charge in [0.1, 0.15) is 0 Å². The number of methoxy groups -OCH3 is 1. The first-order valence-electron chi connectivity index (χ1n) is 8.02. The lowest BCUT2D eigenvalue weighted by Gasteiger charge is -2.33. The summed E-state index contributed by atoms with van der Waals surface area (Å²) in [4.78, 5) is 16.6. The lowest BCUT2D eigenvalue weighted by molar-refractivity contribution is -0.138. The van der Waals surface area contributed by atoms with Crippen molar-refractivity contribution in [3.05, 3.63) is 0 Å². The van der Waals surface area contributed by atoms with Crippen LogP contribution in [0.3, 0.4) is 0 Å². The highest BCUT2D eigenvalue weighted by atomic mass is 32.2. The molecule has 2 atom stereocenters. The van der Waals surface area contributed by atoms with Gasteiger partial charge in [0.2, 0.25) is 5.91 Å². The molecule has 130 valence electrons. The molecule has 1 heterocycles. The van der Waals surface area contributed by atoms with Gasteiger partial charge in [-0.1, -0.05) is 6.92 Å². The van der Waals surface area contributed by atoms with Gasteiger partial charge in [0, 0.05) is 32.8 Å². The molecular formula is C15H30N2O4S. The number of carbonyl (C=O) groups excluding carboxylic acids is 1. The third kappa shape index (κ3) is 5.52. The minimum Gasteiger partial charge on any atom is -0.385 e. The number of nitrogens with zero attached hydrogens (tertiary/aromatic N) is 2. The third-order valence-corrected chi connectivity index (χ3v) is 6.02. The number of hydrogen-bond acceptors (Lipinski definition) is 5. The maximum Gasteiger partial charge on any atom is 0.239 e. The highest BCUT2D eigenvalue weighted by Gasteiger charge is 2.36. The Balaban J connectivity index is 2.67. The largest absolute Gasteiger partial charge is 0.385 e. The fraction of sp³-hybridized carbons (Fsp3) is 0.933. The van der Waals surface area contributed by atoms with Crippen LogP contribution in [-0.4, -0.2) is 81.6 Å². The molecule has 0 spiro atoms. The van der Waals surface area contributed by atoms with E-state index in [4.69, 9.17) is 4.74 Å². The normalized spacial score (nSPS) is 22.0. The Labute approximate surface area is 134 Å². The van der Waals surface area contributed by atoms with Crippen LogP contribution in [0.4, 0.5) is 0 Å². The summed E-state index contributed by atoms with van der Waals surface area (Å²) < 4.78 is 28.4. The van der Waals surface area contributed by atoms with E-state index >= 15 is 0 Å². The Kier molecular flexibility index (Phi) is 7.79. The highest BCUT2D eigenvalue weighted by Crippen LogP contribution is 2.19. The van der Waals surface area contributed by atoms with E-state index in [0.29, 0.717) is 19.6 Å². The number of rotatable bonds is 9. The smallest absolute Gasteiger partial charge is 0.239 e. The van der Waals surface area contributed by atoms with Crippen LogP contribution in [0.5, 0.6) is 0 Å². The zero-order valence-corrected chi connectivity index (χ0v) is 15.1. The summed E-state index contributed by atoms with van der Waals surface area (Å²) in [6, 6.07) is -0.404. The molecule has 1 saturated heterocycles. The molecule has 22 heavy (non-hydrogen) atoms. The second-order valence-electron chi connectivity index (χ2n) is 6.09. The fourth-order valence-corrected chi connectivity index (χ4v) is 4.55. The molecule has 0 radical (unpaired) electrons. The fourth-order valence-electron chi connectivity index (χ4n) is 2.82. The van der Waals surface area contributed by atoms with E-state index in [1.807, 2.05) is 25.8 Å². The summed E-state index contributed by atoms with van der Waals surface area (Å²) in [6.07, 6.45) is 2.27. The number of sulfone groups is 1. The van der Waals surface area contributed by atoms with Crippen LogP contribution >= 0.6 is 0 Å². The molecule has 0 bridgehead atoms. The molecule has 0 N–H and O–H groups in total. The van der Waals surface area contributed by atoms with Crippen molar-refractivity contribution in [1.82, 2.24) is 9.80 Å². The topological polar surface area (TPSA) is 66.9 Å². The molecule has 1 aliphatic rings. The zero-order valence-electron chi connectivity index (χ0n) is 14.2. The van der Waals surface area contributed by atoms with E-state index in [1.165, 1.54) is 0 Å². The zero-order chi connectivity index (χ0) is 16.8. The molecule has 0 saturated carbocycles. The van der Waals surface area contributed by atoms with Gasteiger partial charge in [-0.05, 0) is 33.2 Å². The van der Waals surface area contributed by atoms with Crippen LogP contribution in [0.25, 0.3) is 0 Å². The number of amides is 1. The first-order chi connectivity index (χ1) is 10.3. The van der Waals surface area contributed by atoms with Crippen molar-refractivity contribution in [2.45, 2.75) is 45.2 Å². The Morgan fingerprint density at radius 2 is 2.05 bits per heavy atom. The van der Waals surface area contributed by atoms with Crippen LogP contribution in [0, 0.1) is 0 Å². The van der Waals surface area contributed by atoms with Crippen molar-refractivity contribution in [3.63, 3.8) is 0 Å². The molecule has 0 aliphatic carbocycles. The first kappa shape index (κ1) is 19.4. The molecule has 1 aliphatic heterocycles. The van der Waals surface area contributed by atoms with Gasteiger partial charge < -0.3 is 9.64 Å². The predicted octanol–water partition coefficient (Wildman–Crippen LogP) is 0.769. The van der Waals surface area contributed by atoms with E-state index in [9.17, 15) is 13.2 Å². The average Bonchev–Trinajstić information content (AvgIpc) is 2.83. The van der Waals surface area contributed by atoms with Gasteiger partial charge in [0.25, 0.3) is 0 Å². The minimum absolute atomic E-state index is 0.0314. The van der Waals surface area contributed by atoms with Gasteiger partial charge in [-0.3, -0.25) is 9.69 Å². The molecule has 0 aromatic carbocycles. The van der Waals surface area contributed by atoms with Crippen LogP contribution in [0.2, 0.25) is 0 Å². The van der Waals surface area contributed by atoms with Crippen molar-refractivity contribution in [1.29, 1.82) is 0 Å². The van der Waals surface area contributed by atoms with Crippen molar-refractivity contribution in [2.75, 3.05) is 45.4 Å². The lowest BCUT2D eigenvalue weighted by Crippen LogP contribution is -2.50. The molecule has 1 rings (SSSR count). The van der Waals surface area contributed by atoms with E-state index in [-0.39, 0.29) is 29.5 Å². The third-order valence-electron chi connectivity index (χ3n) is 4.27. The van der Waals surface area contributed by atoms with Gasteiger partial charge in [0.15, 0.2) is 9.84 Å². The van der Waals surface area contributed by atoms with Crippen molar-refractivity contribution < 1.29 is 17.9 Å². The Hall–Kier alpha value is -0.660. The highest BCUT2D eigenvalue weighted by molar-refractivity contribution is 7.91. The number of carbonyl (C=O) groups is 1. The van der Waals surface area contributed by atoms with Crippen LogP contribution in [0.1, 0.15) is 33.1 Å². The van der Waals surface area contributed by atoms with Gasteiger partial charge in [-0.2, -0.15) is 0 Å². The summed E-state index contributed by atoms with van der Waals surface area (Å²) in [6.45, 7) is 5.97. The average molecular weight is 334 g/mol. The molecule has 7 heteroatoms. The summed E-state index contributed by atoms with van der Waals surface area (Å²) >= 11 is 0. The van der Waals surface area contributed by atoms with E-state index < -0.39 is 9.84 Å². The van der Waals surface area contributed by atoms with Crippen molar-refractivity contribution >= 4 is 15.7 Å². The van der Waals surface area contributed by atoms with E-state index in [1.54, 1.807) is 12.0 Å². The van der Waals surface area contributed by atoms with Gasteiger partial charge >= 0.3 is 0 Å². The van der Waals surface area contributed by atoms with Crippen LogP contribution in [-0.2, 0) is 19.4 Å². The number of hydrogen-bond donors (Lipinski definition) is 0. The second-order valence-corrected chi connectivity index (χ2v) is 8.32. The maximum atomic E-state index is 12.8. The second kappa shape index (κ2) is 8.84. The summed E-state index contributed by atoms with van der Waals surface area (Å²) in [5, 5.41) is 0. The lowest BCUT2D eigenvalue weighted by atomic mass is 10.1. The maximum absolute atomic E-state index is 12.8. The quantitative estimate of drug-likeness (QED) is 0.583. The molecule has 0 aromatic rings. The Bertz CT molecular complexity index is 452. The Morgan fingerprint density at radius 3 is 2.55 bits per heavy atom. The standard InChI is InChI=1S/C15H30N2O4S/c1-5-8-17(14-7-11-22(19,20)12-14)15(18)13(2)16(3)9-6-10-21-4/h13-14H,5-12H2,1-4H3. The van der Waals surface area contributed by atoms with E-state index in [2.05, 4.69) is 0 Å². The first-order valence-corrected chi connectivity index (χ1v) is 9.84. The summed E-state index contributed by atoms with van der Waals surface area (Å²) in [5.74, 6) is 0.339. The van der Waals surface area contributed by atoms with Gasteiger partial charge in [-0.15, -0.1) is 0 Å². The molecule has 6 nitrogen and oxygen atoms in total.